The molecular formula is C18H24N4O2. The first-order valence-corrected chi connectivity index (χ1v) is 8.87. The molecule has 2 aliphatic rings. The molecule has 0 amide bonds. The Hall–Kier alpha value is -1.92. The molecule has 2 atom stereocenters. The Kier molecular flexibility index (Phi) is 4.24. The van der Waals surface area contributed by atoms with Gasteiger partial charge in [0.15, 0.2) is 0 Å². The van der Waals surface area contributed by atoms with Crippen LogP contribution in [0, 0.1) is 0 Å². The van der Waals surface area contributed by atoms with Crippen LogP contribution in [-0.4, -0.2) is 58.3 Å². The van der Waals surface area contributed by atoms with E-state index in [0.717, 1.165) is 50.8 Å². The van der Waals surface area contributed by atoms with Crippen molar-refractivity contribution in [2.24, 2.45) is 0 Å². The number of aromatic amines is 1. The summed E-state index contributed by atoms with van der Waals surface area (Å²) in [6.07, 6.45) is 4.45. The zero-order valence-electron chi connectivity index (χ0n) is 13.8. The highest BCUT2D eigenvalue weighted by Crippen LogP contribution is 2.26. The van der Waals surface area contributed by atoms with Gasteiger partial charge in [0, 0.05) is 25.2 Å². The SMILES string of the molecule is O=c1[nH]c(N2CCCC2CN2CCCC2CO)nc2ccccc12. The number of aromatic nitrogens is 2. The van der Waals surface area contributed by atoms with Crippen molar-refractivity contribution in [2.45, 2.75) is 37.8 Å². The molecule has 4 rings (SSSR count). The number of hydrogen-bond acceptors (Lipinski definition) is 5. The monoisotopic (exact) mass is 328 g/mol. The molecule has 0 bridgehead atoms. The summed E-state index contributed by atoms with van der Waals surface area (Å²) in [6.45, 7) is 3.14. The summed E-state index contributed by atoms with van der Waals surface area (Å²) in [4.78, 5) is 24.6. The number of nitrogens with one attached hydrogen (secondary N) is 1. The molecule has 2 N–H and O–H groups in total. The van der Waals surface area contributed by atoms with Gasteiger partial charge in [-0.2, -0.15) is 0 Å². The van der Waals surface area contributed by atoms with E-state index in [4.69, 9.17) is 0 Å². The largest absolute Gasteiger partial charge is 0.395 e. The van der Waals surface area contributed by atoms with E-state index >= 15 is 0 Å². The van der Waals surface area contributed by atoms with Crippen LogP contribution in [0.15, 0.2) is 29.1 Å². The Labute approximate surface area is 141 Å². The second-order valence-electron chi connectivity index (χ2n) is 6.87. The first-order valence-electron chi connectivity index (χ1n) is 8.87. The van der Waals surface area contributed by atoms with Crippen LogP contribution in [0.1, 0.15) is 25.7 Å². The first-order chi connectivity index (χ1) is 11.8. The lowest BCUT2D eigenvalue weighted by Gasteiger charge is -2.31. The second kappa shape index (κ2) is 6.53. The summed E-state index contributed by atoms with van der Waals surface area (Å²) >= 11 is 0. The zero-order valence-corrected chi connectivity index (χ0v) is 13.8. The fraction of sp³-hybridized carbons (Fsp3) is 0.556. The average Bonchev–Trinajstić information content (AvgIpc) is 3.24. The van der Waals surface area contributed by atoms with Gasteiger partial charge >= 0.3 is 0 Å². The molecular weight excluding hydrogens is 304 g/mol. The van der Waals surface area contributed by atoms with Gasteiger partial charge in [0.2, 0.25) is 5.95 Å². The summed E-state index contributed by atoms with van der Waals surface area (Å²) in [7, 11) is 0. The third kappa shape index (κ3) is 2.80. The highest BCUT2D eigenvalue weighted by atomic mass is 16.3. The van der Waals surface area contributed by atoms with Crippen LogP contribution in [0.5, 0.6) is 0 Å². The second-order valence-corrected chi connectivity index (χ2v) is 6.87. The van der Waals surface area contributed by atoms with Gasteiger partial charge in [-0.15, -0.1) is 0 Å². The van der Waals surface area contributed by atoms with Gasteiger partial charge < -0.3 is 10.0 Å². The quantitative estimate of drug-likeness (QED) is 0.886. The van der Waals surface area contributed by atoms with E-state index in [2.05, 4.69) is 19.8 Å². The fourth-order valence-electron chi connectivity index (χ4n) is 4.13. The number of nitrogens with zero attached hydrogens (tertiary/aromatic N) is 3. The Morgan fingerprint density at radius 2 is 1.96 bits per heavy atom. The lowest BCUT2D eigenvalue weighted by molar-refractivity contribution is 0.153. The highest BCUT2D eigenvalue weighted by Gasteiger charge is 2.32. The predicted octanol–water partition coefficient (Wildman–Crippen LogP) is 1.35. The molecule has 2 aliphatic heterocycles. The Morgan fingerprint density at radius 3 is 2.83 bits per heavy atom. The van der Waals surface area contributed by atoms with Gasteiger partial charge in [-0.25, -0.2) is 4.98 Å². The molecule has 128 valence electrons. The minimum atomic E-state index is -0.0735. The molecule has 1 aromatic carbocycles. The summed E-state index contributed by atoms with van der Waals surface area (Å²) < 4.78 is 0. The maximum Gasteiger partial charge on any atom is 0.260 e. The van der Waals surface area contributed by atoms with Gasteiger partial charge in [-0.3, -0.25) is 14.7 Å². The Bertz CT molecular complexity index is 775. The maximum absolute atomic E-state index is 12.3. The van der Waals surface area contributed by atoms with E-state index in [1.54, 1.807) is 0 Å². The lowest BCUT2D eigenvalue weighted by Crippen LogP contribution is -2.44. The molecule has 0 radical (unpaired) electrons. The van der Waals surface area contributed by atoms with E-state index in [-0.39, 0.29) is 18.2 Å². The number of fused-ring (bicyclic) bond motifs is 1. The molecule has 2 aromatic rings. The summed E-state index contributed by atoms with van der Waals surface area (Å²) in [5.74, 6) is 0.681. The van der Waals surface area contributed by atoms with E-state index in [1.165, 1.54) is 0 Å². The van der Waals surface area contributed by atoms with E-state index in [9.17, 15) is 9.90 Å². The number of H-pyrrole nitrogens is 1. The first kappa shape index (κ1) is 15.6. The van der Waals surface area contributed by atoms with Crippen LogP contribution < -0.4 is 10.5 Å². The van der Waals surface area contributed by atoms with Crippen molar-refractivity contribution < 1.29 is 5.11 Å². The van der Waals surface area contributed by atoms with Crippen molar-refractivity contribution in [1.82, 2.24) is 14.9 Å². The van der Waals surface area contributed by atoms with Gasteiger partial charge in [-0.1, -0.05) is 12.1 Å². The molecule has 24 heavy (non-hydrogen) atoms. The van der Waals surface area contributed by atoms with Crippen molar-refractivity contribution in [2.75, 3.05) is 31.1 Å². The predicted molar refractivity (Wildman–Crippen MR) is 94.4 cm³/mol. The third-order valence-corrected chi connectivity index (χ3v) is 5.40. The Morgan fingerprint density at radius 1 is 1.17 bits per heavy atom. The zero-order chi connectivity index (χ0) is 16.5. The minimum absolute atomic E-state index is 0.0735. The van der Waals surface area contributed by atoms with Crippen LogP contribution in [0.25, 0.3) is 10.9 Å². The van der Waals surface area contributed by atoms with Crippen LogP contribution in [-0.2, 0) is 0 Å². The number of rotatable bonds is 4. The van der Waals surface area contributed by atoms with E-state index in [0.29, 0.717) is 17.4 Å². The molecule has 6 heteroatoms. The maximum atomic E-state index is 12.3. The lowest BCUT2D eigenvalue weighted by atomic mass is 10.2. The smallest absolute Gasteiger partial charge is 0.260 e. The average molecular weight is 328 g/mol. The van der Waals surface area contributed by atoms with Crippen molar-refractivity contribution in [3.63, 3.8) is 0 Å². The van der Waals surface area contributed by atoms with Gasteiger partial charge in [0.05, 0.1) is 17.5 Å². The summed E-state index contributed by atoms with van der Waals surface area (Å²) in [5, 5.41) is 10.2. The number of aliphatic hydroxyl groups excluding tert-OH is 1. The number of para-hydroxylation sites is 1. The third-order valence-electron chi connectivity index (χ3n) is 5.40. The van der Waals surface area contributed by atoms with Crippen molar-refractivity contribution in [3.8, 4) is 0 Å². The van der Waals surface area contributed by atoms with Crippen molar-refractivity contribution >= 4 is 16.9 Å². The van der Waals surface area contributed by atoms with Gasteiger partial charge in [0.25, 0.3) is 5.56 Å². The van der Waals surface area contributed by atoms with Crippen LogP contribution >= 0.6 is 0 Å². The highest BCUT2D eigenvalue weighted by molar-refractivity contribution is 5.78. The topological polar surface area (TPSA) is 72.5 Å². The summed E-state index contributed by atoms with van der Waals surface area (Å²) in [6, 6.07) is 8.11. The molecule has 0 spiro atoms. The Balaban J connectivity index is 1.59. The normalized spacial score (nSPS) is 25.0. The number of anilines is 1. The van der Waals surface area contributed by atoms with Crippen LogP contribution in [0.2, 0.25) is 0 Å². The molecule has 6 nitrogen and oxygen atoms in total. The molecule has 2 unspecified atom stereocenters. The number of likely N-dealkylation sites (tertiary alicyclic amines) is 1. The molecule has 2 fully saturated rings. The molecule has 3 heterocycles. The van der Waals surface area contributed by atoms with Gasteiger partial charge in [-0.05, 0) is 44.4 Å². The fourth-order valence-corrected chi connectivity index (χ4v) is 4.13. The van der Waals surface area contributed by atoms with Gasteiger partial charge in [0.1, 0.15) is 0 Å². The van der Waals surface area contributed by atoms with E-state index < -0.39 is 0 Å². The van der Waals surface area contributed by atoms with Crippen LogP contribution in [0.3, 0.4) is 0 Å². The molecule has 0 aliphatic carbocycles. The number of hydrogen-bond donors (Lipinski definition) is 2. The molecule has 0 saturated carbocycles. The molecule has 2 saturated heterocycles. The molecule has 1 aromatic heterocycles. The minimum Gasteiger partial charge on any atom is -0.395 e. The summed E-state index contributed by atoms with van der Waals surface area (Å²) in [5.41, 5.74) is 0.673. The number of aliphatic hydroxyl groups is 1. The standard InChI is InChI=1S/C18H24N4O2/c23-12-14-6-3-9-21(14)11-13-5-4-10-22(13)18-19-16-8-2-1-7-15(16)17(24)20-18/h1-2,7-8,13-14,23H,3-6,9-12H2,(H,19,20,24). The number of benzene rings is 1. The van der Waals surface area contributed by atoms with Crippen LogP contribution in [0.4, 0.5) is 5.95 Å². The van der Waals surface area contributed by atoms with E-state index in [1.807, 2.05) is 24.3 Å². The van der Waals surface area contributed by atoms with Crippen molar-refractivity contribution in [3.05, 3.63) is 34.6 Å². The van der Waals surface area contributed by atoms with Crippen molar-refractivity contribution in [1.29, 1.82) is 0 Å².